The van der Waals surface area contributed by atoms with Crippen LogP contribution in [0.4, 0.5) is 4.39 Å². The van der Waals surface area contributed by atoms with Crippen LogP contribution in [-0.4, -0.2) is 18.4 Å². The summed E-state index contributed by atoms with van der Waals surface area (Å²) < 4.78 is 12.8. The highest BCUT2D eigenvalue weighted by atomic mass is 19.1. The molecule has 0 aliphatic carbocycles. The summed E-state index contributed by atoms with van der Waals surface area (Å²) in [5.41, 5.74) is 3.15. The standard InChI is InChI=1S/C17H17FN2O/c18-15-8-6-13(7-9-15)11-19-12-16-10-17(20-21-16)14-4-2-1-3-5-14/h1-9,16,19H,10-12H2/t16-/m1/s1. The molecule has 0 bridgehead atoms. The summed E-state index contributed by atoms with van der Waals surface area (Å²) in [6.07, 6.45) is 0.862. The average molecular weight is 284 g/mol. The minimum atomic E-state index is -0.209. The Labute approximate surface area is 123 Å². The molecule has 0 saturated heterocycles. The number of hydrogen-bond acceptors (Lipinski definition) is 3. The Hall–Kier alpha value is -2.20. The Balaban J connectivity index is 1.45. The van der Waals surface area contributed by atoms with Crippen LogP contribution >= 0.6 is 0 Å². The Bertz CT molecular complexity index is 610. The molecule has 1 N–H and O–H groups in total. The summed E-state index contributed by atoms with van der Waals surface area (Å²) in [4.78, 5) is 5.44. The highest BCUT2D eigenvalue weighted by Gasteiger charge is 2.21. The van der Waals surface area contributed by atoms with Crippen molar-refractivity contribution in [2.75, 3.05) is 6.54 Å². The predicted octanol–water partition coefficient (Wildman–Crippen LogP) is 3.11. The number of rotatable bonds is 5. The third-order valence-corrected chi connectivity index (χ3v) is 3.45. The minimum Gasteiger partial charge on any atom is -0.390 e. The van der Waals surface area contributed by atoms with E-state index in [1.807, 2.05) is 30.3 Å². The van der Waals surface area contributed by atoms with Gasteiger partial charge in [-0.1, -0.05) is 47.6 Å². The normalized spacial score (nSPS) is 17.4. The second-order valence-corrected chi connectivity index (χ2v) is 5.09. The molecule has 0 radical (unpaired) electrons. The lowest BCUT2D eigenvalue weighted by Crippen LogP contribution is -2.26. The number of oxime groups is 1. The van der Waals surface area contributed by atoms with Crippen molar-refractivity contribution in [3.05, 3.63) is 71.5 Å². The Morgan fingerprint density at radius 2 is 1.86 bits per heavy atom. The maximum atomic E-state index is 12.8. The number of nitrogens with zero attached hydrogens (tertiary/aromatic N) is 1. The SMILES string of the molecule is Fc1ccc(CNC[C@H]2CC(c3ccccc3)=NO2)cc1. The van der Waals surface area contributed by atoms with Gasteiger partial charge in [0.15, 0.2) is 0 Å². The molecule has 1 aliphatic rings. The number of nitrogens with one attached hydrogen (secondary N) is 1. The average Bonchev–Trinajstić information content (AvgIpc) is 2.99. The fourth-order valence-corrected chi connectivity index (χ4v) is 2.32. The monoisotopic (exact) mass is 284 g/mol. The van der Waals surface area contributed by atoms with Crippen molar-refractivity contribution in [2.45, 2.75) is 19.1 Å². The first-order valence-electron chi connectivity index (χ1n) is 7.04. The largest absolute Gasteiger partial charge is 0.390 e. The third kappa shape index (κ3) is 3.67. The number of halogens is 1. The van der Waals surface area contributed by atoms with Gasteiger partial charge in [-0.25, -0.2) is 4.39 Å². The number of hydrogen-bond donors (Lipinski definition) is 1. The molecule has 4 heteroatoms. The molecule has 0 amide bonds. The highest BCUT2D eigenvalue weighted by molar-refractivity contribution is 6.01. The zero-order valence-corrected chi connectivity index (χ0v) is 11.6. The van der Waals surface area contributed by atoms with Gasteiger partial charge < -0.3 is 10.2 Å². The van der Waals surface area contributed by atoms with E-state index in [2.05, 4.69) is 10.5 Å². The molecule has 0 unspecified atom stereocenters. The van der Waals surface area contributed by atoms with Crippen molar-refractivity contribution >= 4 is 5.71 Å². The van der Waals surface area contributed by atoms with Gasteiger partial charge in [-0.3, -0.25) is 0 Å². The van der Waals surface area contributed by atoms with Crippen LogP contribution in [0.15, 0.2) is 59.8 Å². The Morgan fingerprint density at radius 1 is 1.10 bits per heavy atom. The highest BCUT2D eigenvalue weighted by Crippen LogP contribution is 2.16. The van der Waals surface area contributed by atoms with Gasteiger partial charge in [-0.05, 0) is 23.3 Å². The molecule has 2 aromatic rings. The molecule has 0 saturated carbocycles. The van der Waals surface area contributed by atoms with Gasteiger partial charge in [0.2, 0.25) is 0 Å². The topological polar surface area (TPSA) is 33.6 Å². The van der Waals surface area contributed by atoms with Crippen LogP contribution in [0.1, 0.15) is 17.5 Å². The van der Waals surface area contributed by atoms with Crippen LogP contribution in [0.2, 0.25) is 0 Å². The van der Waals surface area contributed by atoms with Gasteiger partial charge in [0, 0.05) is 19.5 Å². The van der Waals surface area contributed by atoms with Crippen molar-refractivity contribution in [2.24, 2.45) is 5.16 Å². The first-order chi connectivity index (χ1) is 10.3. The van der Waals surface area contributed by atoms with E-state index in [4.69, 9.17) is 4.84 Å². The van der Waals surface area contributed by atoms with Gasteiger partial charge in [-0.2, -0.15) is 0 Å². The van der Waals surface area contributed by atoms with Crippen LogP contribution in [0.3, 0.4) is 0 Å². The maximum Gasteiger partial charge on any atom is 0.145 e. The smallest absolute Gasteiger partial charge is 0.145 e. The lowest BCUT2D eigenvalue weighted by Gasteiger charge is -2.09. The van der Waals surface area contributed by atoms with Crippen LogP contribution in [0.5, 0.6) is 0 Å². The first kappa shape index (κ1) is 13.8. The van der Waals surface area contributed by atoms with E-state index < -0.39 is 0 Å². The molecule has 1 heterocycles. The Kier molecular flexibility index (Phi) is 4.26. The molecule has 108 valence electrons. The van der Waals surface area contributed by atoms with Crippen molar-refractivity contribution in [1.29, 1.82) is 0 Å². The molecule has 0 spiro atoms. The van der Waals surface area contributed by atoms with E-state index in [1.165, 1.54) is 12.1 Å². The second kappa shape index (κ2) is 6.50. The zero-order valence-electron chi connectivity index (χ0n) is 11.6. The lowest BCUT2D eigenvalue weighted by atomic mass is 10.1. The maximum absolute atomic E-state index is 12.8. The van der Waals surface area contributed by atoms with Crippen LogP contribution in [-0.2, 0) is 11.4 Å². The van der Waals surface area contributed by atoms with Gasteiger partial charge in [0.05, 0.1) is 5.71 Å². The van der Waals surface area contributed by atoms with Crippen LogP contribution in [0.25, 0.3) is 0 Å². The Morgan fingerprint density at radius 3 is 2.62 bits per heavy atom. The summed E-state index contributed by atoms with van der Waals surface area (Å²) in [5, 5.41) is 7.47. The van der Waals surface area contributed by atoms with E-state index in [9.17, 15) is 4.39 Å². The number of benzene rings is 2. The summed E-state index contributed by atoms with van der Waals surface area (Å²) in [5.74, 6) is -0.209. The molecule has 0 fully saturated rings. The summed E-state index contributed by atoms with van der Waals surface area (Å²) in [7, 11) is 0. The van der Waals surface area contributed by atoms with E-state index >= 15 is 0 Å². The lowest BCUT2D eigenvalue weighted by molar-refractivity contribution is 0.0848. The second-order valence-electron chi connectivity index (χ2n) is 5.09. The molecule has 0 aromatic heterocycles. The van der Waals surface area contributed by atoms with E-state index in [-0.39, 0.29) is 11.9 Å². The summed E-state index contributed by atoms with van der Waals surface area (Å²) >= 11 is 0. The molecule has 3 nitrogen and oxygen atoms in total. The molecular formula is C17H17FN2O. The predicted molar refractivity (Wildman–Crippen MR) is 80.6 cm³/mol. The quantitative estimate of drug-likeness (QED) is 0.915. The molecule has 1 atom stereocenters. The molecule has 1 aliphatic heterocycles. The van der Waals surface area contributed by atoms with E-state index in [1.54, 1.807) is 12.1 Å². The van der Waals surface area contributed by atoms with Crippen molar-refractivity contribution < 1.29 is 9.23 Å². The van der Waals surface area contributed by atoms with Crippen molar-refractivity contribution in [3.8, 4) is 0 Å². The minimum absolute atomic E-state index is 0.0562. The van der Waals surface area contributed by atoms with Crippen molar-refractivity contribution in [3.63, 3.8) is 0 Å². The molecule has 3 rings (SSSR count). The summed E-state index contributed by atoms with van der Waals surface area (Å²) in [6, 6.07) is 16.6. The fraction of sp³-hybridized carbons (Fsp3) is 0.235. The molecule has 21 heavy (non-hydrogen) atoms. The van der Waals surface area contributed by atoms with Gasteiger partial charge >= 0.3 is 0 Å². The molecule has 2 aromatic carbocycles. The van der Waals surface area contributed by atoms with Crippen LogP contribution < -0.4 is 5.32 Å². The van der Waals surface area contributed by atoms with E-state index in [0.29, 0.717) is 6.54 Å². The van der Waals surface area contributed by atoms with Gasteiger partial charge in [-0.15, -0.1) is 0 Å². The van der Waals surface area contributed by atoms with Crippen LogP contribution in [0, 0.1) is 5.82 Å². The summed E-state index contributed by atoms with van der Waals surface area (Å²) in [6.45, 7) is 1.41. The first-order valence-corrected chi connectivity index (χ1v) is 7.04. The van der Waals surface area contributed by atoms with Gasteiger partial charge in [0.25, 0.3) is 0 Å². The van der Waals surface area contributed by atoms with E-state index in [0.717, 1.165) is 29.8 Å². The van der Waals surface area contributed by atoms with Gasteiger partial charge in [0.1, 0.15) is 11.9 Å². The fourth-order valence-electron chi connectivity index (χ4n) is 2.32. The molecular weight excluding hydrogens is 267 g/mol. The van der Waals surface area contributed by atoms with Crippen molar-refractivity contribution in [1.82, 2.24) is 5.32 Å². The third-order valence-electron chi connectivity index (χ3n) is 3.45. The zero-order chi connectivity index (χ0) is 14.5.